The highest BCUT2D eigenvalue weighted by atomic mass is 79.9. The van der Waals surface area contributed by atoms with Gasteiger partial charge in [0.15, 0.2) is 0 Å². The van der Waals surface area contributed by atoms with E-state index in [1.165, 1.54) is 7.11 Å². The van der Waals surface area contributed by atoms with Gasteiger partial charge in [-0.25, -0.2) is 4.79 Å². The van der Waals surface area contributed by atoms with Gasteiger partial charge in [-0.3, -0.25) is 0 Å². The Hall–Kier alpha value is -1.73. The Morgan fingerprint density at radius 1 is 1.08 bits per heavy atom. The molecule has 0 saturated heterocycles. The van der Waals surface area contributed by atoms with E-state index in [0.29, 0.717) is 23.4 Å². The molecular weight excluding hydrogens is 468 g/mol. The molecule has 0 amide bonds. The molecule has 0 fully saturated rings. The molecule has 5 nitrogen and oxygen atoms in total. The third kappa shape index (κ3) is 2.87. The summed E-state index contributed by atoms with van der Waals surface area (Å²) < 4.78 is 23.5. The second-order valence-corrected chi connectivity index (χ2v) is 8.29. The Labute approximate surface area is 167 Å². The molecule has 26 heavy (non-hydrogen) atoms. The predicted molar refractivity (Wildman–Crippen MR) is 102 cm³/mol. The van der Waals surface area contributed by atoms with E-state index in [-0.39, 0.29) is 5.41 Å². The average Bonchev–Trinajstić information content (AvgIpc) is 2.94. The normalized spacial score (nSPS) is 20.0. The second kappa shape index (κ2) is 6.46. The summed E-state index contributed by atoms with van der Waals surface area (Å²) in [5.41, 5.74) is 2.98. The van der Waals surface area contributed by atoms with Gasteiger partial charge < -0.3 is 18.9 Å². The van der Waals surface area contributed by atoms with E-state index in [0.717, 1.165) is 39.1 Å². The zero-order valence-electron chi connectivity index (χ0n) is 14.2. The van der Waals surface area contributed by atoms with E-state index in [1.807, 2.05) is 18.2 Å². The van der Waals surface area contributed by atoms with Gasteiger partial charge in [0.05, 0.1) is 17.0 Å². The number of carbonyl (C=O) groups excluding carboxylic acids is 1. The Bertz CT molecular complexity index is 911. The summed E-state index contributed by atoms with van der Waals surface area (Å²) in [4.78, 5) is 11.5. The molecule has 2 aliphatic rings. The SMILES string of the molecule is COC(=O)Oc1cc2c(cc1Br)OCC21COc2cc(Br)c(C)cc2C1. The average molecular weight is 484 g/mol. The maximum Gasteiger partial charge on any atom is 0.513 e. The van der Waals surface area contributed by atoms with E-state index in [1.54, 1.807) is 0 Å². The number of aryl methyl sites for hydroxylation is 1. The topological polar surface area (TPSA) is 54.0 Å². The minimum atomic E-state index is -0.760. The van der Waals surface area contributed by atoms with Crippen molar-refractivity contribution in [3.8, 4) is 17.2 Å². The fraction of sp³-hybridized carbons (Fsp3) is 0.316. The monoisotopic (exact) mass is 482 g/mol. The highest BCUT2D eigenvalue weighted by Gasteiger charge is 2.45. The van der Waals surface area contributed by atoms with Gasteiger partial charge in [-0.05, 0) is 58.6 Å². The molecule has 2 aromatic carbocycles. The molecule has 136 valence electrons. The third-order valence-corrected chi connectivity index (χ3v) is 6.32. The molecule has 4 rings (SSSR count). The van der Waals surface area contributed by atoms with Crippen molar-refractivity contribution in [3.05, 3.63) is 49.9 Å². The summed E-state index contributed by atoms with van der Waals surface area (Å²) in [6.07, 6.45) is 0.0345. The van der Waals surface area contributed by atoms with Crippen LogP contribution in [0.25, 0.3) is 0 Å². The minimum Gasteiger partial charge on any atom is -0.492 e. The quantitative estimate of drug-likeness (QED) is 0.425. The highest BCUT2D eigenvalue weighted by molar-refractivity contribution is 9.10. The van der Waals surface area contributed by atoms with Gasteiger partial charge in [0.1, 0.15) is 30.5 Å². The smallest absolute Gasteiger partial charge is 0.492 e. The van der Waals surface area contributed by atoms with Gasteiger partial charge in [0.2, 0.25) is 0 Å². The highest BCUT2D eigenvalue weighted by Crippen LogP contribution is 2.49. The van der Waals surface area contributed by atoms with Crippen LogP contribution in [-0.2, 0) is 16.6 Å². The van der Waals surface area contributed by atoms with Crippen LogP contribution in [0.5, 0.6) is 17.2 Å². The minimum absolute atomic E-state index is 0.308. The number of fused-ring (bicyclic) bond motifs is 3. The van der Waals surface area contributed by atoms with Crippen molar-refractivity contribution in [2.45, 2.75) is 18.8 Å². The number of hydrogen-bond acceptors (Lipinski definition) is 5. The van der Waals surface area contributed by atoms with Crippen molar-refractivity contribution in [1.29, 1.82) is 0 Å². The number of ether oxygens (including phenoxy) is 4. The molecule has 0 radical (unpaired) electrons. The van der Waals surface area contributed by atoms with Crippen LogP contribution < -0.4 is 14.2 Å². The van der Waals surface area contributed by atoms with Crippen LogP contribution in [0.4, 0.5) is 4.79 Å². The number of halogens is 2. The molecule has 1 spiro atoms. The molecule has 0 aromatic heterocycles. The van der Waals surface area contributed by atoms with Gasteiger partial charge in [0, 0.05) is 10.0 Å². The standard InChI is InChI=1S/C19H16Br2O5/c1-10-3-11-7-19(8-24-15(11)5-13(10)20)9-25-16-6-14(21)17(4-12(16)19)26-18(22)23-2/h3-6H,7-9H2,1-2H3. The molecular formula is C19H16Br2O5. The number of methoxy groups -OCH3 is 1. The fourth-order valence-corrected chi connectivity index (χ4v) is 4.19. The van der Waals surface area contributed by atoms with E-state index >= 15 is 0 Å². The lowest BCUT2D eigenvalue weighted by Crippen LogP contribution is -2.40. The van der Waals surface area contributed by atoms with Crippen LogP contribution in [0.1, 0.15) is 16.7 Å². The molecule has 0 N–H and O–H groups in total. The van der Waals surface area contributed by atoms with Gasteiger partial charge >= 0.3 is 6.16 Å². The lowest BCUT2D eigenvalue weighted by molar-refractivity contribution is 0.121. The number of carbonyl (C=O) groups is 1. The molecule has 0 bridgehead atoms. The zero-order chi connectivity index (χ0) is 18.5. The van der Waals surface area contributed by atoms with E-state index in [9.17, 15) is 4.79 Å². The summed E-state index contributed by atoms with van der Waals surface area (Å²) in [5.74, 6) is 2.07. The second-order valence-electron chi connectivity index (χ2n) is 6.58. The van der Waals surface area contributed by atoms with Crippen LogP contribution in [0.2, 0.25) is 0 Å². The van der Waals surface area contributed by atoms with Crippen molar-refractivity contribution in [1.82, 2.24) is 0 Å². The number of rotatable bonds is 1. The van der Waals surface area contributed by atoms with Gasteiger partial charge in [0.25, 0.3) is 0 Å². The molecule has 1 unspecified atom stereocenters. The molecule has 1 atom stereocenters. The first-order valence-corrected chi connectivity index (χ1v) is 9.65. The maximum absolute atomic E-state index is 11.5. The van der Waals surface area contributed by atoms with E-state index in [4.69, 9.17) is 14.2 Å². The first-order chi connectivity index (χ1) is 12.4. The van der Waals surface area contributed by atoms with Crippen LogP contribution >= 0.6 is 31.9 Å². The van der Waals surface area contributed by atoms with Crippen molar-refractivity contribution in [2.24, 2.45) is 0 Å². The fourth-order valence-electron chi connectivity index (χ4n) is 3.47. The van der Waals surface area contributed by atoms with Crippen LogP contribution in [0.3, 0.4) is 0 Å². The summed E-state index contributed by atoms with van der Waals surface area (Å²) in [7, 11) is 1.28. The predicted octanol–water partition coefficient (Wildman–Crippen LogP) is 4.93. The molecule has 2 aromatic rings. The van der Waals surface area contributed by atoms with Crippen molar-refractivity contribution >= 4 is 38.0 Å². The summed E-state index contributed by atoms with van der Waals surface area (Å²) in [6.45, 7) is 3.08. The van der Waals surface area contributed by atoms with E-state index in [2.05, 4.69) is 49.6 Å². The molecule has 0 aliphatic carbocycles. The number of hydrogen-bond donors (Lipinski definition) is 0. The molecule has 2 heterocycles. The largest absolute Gasteiger partial charge is 0.513 e. The first kappa shape index (κ1) is 17.7. The van der Waals surface area contributed by atoms with Gasteiger partial charge in [-0.1, -0.05) is 22.0 Å². The zero-order valence-corrected chi connectivity index (χ0v) is 17.4. The maximum atomic E-state index is 11.5. The van der Waals surface area contributed by atoms with Crippen LogP contribution in [-0.4, -0.2) is 26.5 Å². The van der Waals surface area contributed by atoms with Gasteiger partial charge in [-0.15, -0.1) is 0 Å². The third-order valence-electron chi connectivity index (χ3n) is 4.84. The summed E-state index contributed by atoms with van der Waals surface area (Å²) in [6, 6.07) is 7.82. The van der Waals surface area contributed by atoms with Crippen molar-refractivity contribution in [3.63, 3.8) is 0 Å². The lowest BCUT2D eigenvalue weighted by atomic mass is 9.76. The van der Waals surface area contributed by atoms with Crippen molar-refractivity contribution < 1.29 is 23.7 Å². The van der Waals surface area contributed by atoms with Crippen LogP contribution in [0, 0.1) is 6.92 Å². The Balaban J connectivity index is 1.74. The van der Waals surface area contributed by atoms with Crippen molar-refractivity contribution in [2.75, 3.05) is 20.3 Å². The summed E-state index contributed by atoms with van der Waals surface area (Å²) >= 11 is 6.97. The molecule has 2 aliphatic heterocycles. The Morgan fingerprint density at radius 2 is 1.77 bits per heavy atom. The van der Waals surface area contributed by atoms with Crippen LogP contribution in [0.15, 0.2) is 33.2 Å². The Kier molecular flexibility index (Phi) is 4.39. The van der Waals surface area contributed by atoms with E-state index < -0.39 is 6.16 Å². The molecule has 7 heteroatoms. The number of benzene rings is 2. The first-order valence-electron chi connectivity index (χ1n) is 8.06. The lowest BCUT2D eigenvalue weighted by Gasteiger charge is -2.34. The Morgan fingerprint density at radius 3 is 2.50 bits per heavy atom. The summed E-state index contributed by atoms with van der Waals surface area (Å²) in [5, 5.41) is 0. The van der Waals surface area contributed by atoms with Gasteiger partial charge in [-0.2, -0.15) is 0 Å². The molecule has 0 saturated carbocycles.